The maximum Gasteiger partial charge on any atom is 0.342 e. The molecule has 3 saturated carbocycles. The highest BCUT2D eigenvalue weighted by Crippen LogP contribution is 2.54. The summed E-state index contributed by atoms with van der Waals surface area (Å²) in [6.07, 6.45) is 89.1. The van der Waals surface area contributed by atoms with Gasteiger partial charge >= 0.3 is 29.8 Å². The first-order valence-electron chi connectivity index (χ1n) is 51.0. The van der Waals surface area contributed by atoms with E-state index < -0.39 is 30.1 Å². The third-order valence-corrected chi connectivity index (χ3v) is 35.4. The molecular weight excluding hydrogens is 1760 g/mol. The van der Waals surface area contributed by atoms with Crippen molar-refractivity contribution in [1.82, 2.24) is 39.2 Å². The normalized spacial score (nSPS) is 38.4. The van der Waals surface area contributed by atoms with E-state index in [-0.39, 0.29) is 101 Å². The van der Waals surface area contributed by atoms with Crippen LogP contribution in [0.4, 0.5) is 0 Å². The SMILES string of the molecule is CC(=O)OC1=C2C=CC=C3C=CC=C(C(=O)O1)C32.Cl.O=C1C2=CC=CC3=CC=CC(C(=O)N1[C@@H]1CN4CCC1CC4)C32.O=C1C2=CC=CC3CCCC(=CN1[C@@H]1CN4CCC1CC4)C23.O=C1C2=CC=CC3CCCC(CN1[C@@H]1CN4CCC1CC4)C23.O=C1C2=CC=CC3CCC[C@@H](C23)[C@@H](O)N1[C@@H]1CN2CCC1CC2.O=C1OC(=O)C2C=CC=C3C=CC=C1C32.O=C1OC=C2C=CC=C3C=CC=C1C32. The van der Waals surface area contributed by atoms with E-state index in [4.69, 9.17) is 14.2 Å². The number of imide groups is 1. The second-order valence-corrected chi connectivity index (χ2v) is 42.5. The topological polar surface area (TPSA) is 254 Å². The van der Waals surface area contributed by atoms with Crippen molar-refractivity contribution in [2.75, 3.05) is 85.1 Å². The minimum atomic E-state index is -0.579. The molecule has 16 saturated heterocycles. The van der Waals surface area contributed by atoms with Crippen molar-refractivity contribution < 1.29 is 72.0 Å². The molecule has 138 heavy (non-hydrogen) atoms. The fourth-order valence-corrected chi connectivity index (χ4v) is 28.8. The number of carbonyl (C=O) groups excluding carboxylic acids is 10. The van der Waals surface area contributed by atoms with Gasteiger partial charge in [0.1, 0.15) is 6.23 Å². The number of carbonyl (C=O) groups is 10. The van der Waals surface area contributed by atoms with Gasteiger partial charge in [-0.15, -0.1) is 12.4 Å². The first-order valence-corrected chi connectivity index (χ1v) is 51.0. The fourth-order valence-electron chi connectivity index (χ4n) is 28.8. The smallest absolute Gasteiger partial charge is 0.342 e. The molecule has 0 aromatic carbocycles. The second-order valence-electron chi connectivity index (χ2n) is 42.5. The molecule has 0 radical (unpaired) electrons. The molecule has 0 spiro atoms. The minimum absolute atomic E-state index is 0. The zero-order chi connectivity index (χ0) is 93.1. The summed E-state index contributed by atoms with van der Waals surface area (Å²) in [6.45, 7) is 15.8. The predicted molar refractivity (Wildman–Crippen MR) is 520 cm³/mol. The average Bonchev–Trinajstić information content (AvgIpc) is 0.694. The highest BCUT2D eigenvalue weighted by Gasteiger charge is 2.57. The van der Waals surface area contributed by atoms with Gasteiger partial charge in [-0.2, -0.15) is 0 Å². The molecule has 716 valence electrons. The maximum absolute atomic E-state index is 13.2. The Hall–Kier alpha value is -11.3. The summed E-state index contributed by atoms with van der Waals surface area (Å²) < 4.78 is 19.7. The van der Waals surface area contributed by atoms with Crippen LogP contribution in [0.15, 0.2) is 297 Å². The number of rotatable bonds is 5. The number of aliphatic hydroxyl groups is 1. The molecule has 5 amide bonds. The number of piperidine rings is 15. The quantitative estimate of drug-likeness (QED) is 0.116. The number of amides is 5. The Bertz CT molecular complexity index is 5970. The number of halogens is 1. The lowest BCUT2D eigenvalue weighted by Gasteiger charge is -2.56. The van der Waals surface area contributed by atoms with Crippen LogP contribution in [0, 0.1) is 107 Å². The average molecular weight is 1880 g/mol. The van der Waals surface area contributed by atoms with E-state index in [1.807, 2.05) is 132 Å². The summed E-state index contributed by atoms with van der Waals surface area (Å²) in [6, 6.07) is 1.18. The van der Waals surface area contributed by atoms with E-state index in [9.17, 15) is 53.1 Å². The number of esters is 5. The molecule has 13 unspecified atom stereocenters. The van der Waals surface area contributed by atoms with Gasteiger partial charge in [0.25, 0.3) is 23.7 Å². The number of nitrogens with zero attached hydrogens (tertiary/aromatic N) is 8. The molecule has 0 aromatic rings. The Morgan fingerprint density at radius 2 is 0.870 bits per heavy atom. The van der Waals surface area contributed by atoms with Gasteiger partial charge in [0.15, 0.2) is 0 Å². The second kappa shape index (κ2) is 38.4. The van der Waals surface area contributed by atoms with Gasteiger partial charge in [0.05, 0.1) is 36.2 Å². The van der Waals surface area contributed by atoms with Gasteiger partial charge in [0.2, 0.25) is 11.8 Å². The summed E-state index contributed by atoms with van der Waals surface area (Å²) in [5, 5.41) is 11.1. The lowest BCUT2D eigenvalue weighted by molar-refractivity contribution is -0.171. The molecule has 1 N–H and O–H groups in total. The van der Waals surface area contributed by atoms with Crippen LogP contribution >= 0.6 is 12.4 Å². The number of fused-ring (bicyclic) bond motifs is 12. The lowest BCUT2D eigenvalue weighted by atomic mass is 9.63. The van der Waals surface area contributed by atoms with Crippen molar-refractivity contribution in [2.24, 2.45) is 107 Å². The number of ether oxygens (including phenoxy) is 4. The Morgan fingerprint density at radius 3 is 1.50 bits per heavy atom. The maximum atomic E-state index is 13.2. The Labute approximate surface area is 813 Å². The monoisotopic (exact) mass is 1880 g/mol. The standard InChI is InChI=1S/C19H26N2O2.C19H20N2O2.C19H26N2O.C19H24N2O.C14H10O4.C12H8O3.C12H8O2.ClH/c2*22-18-14-5-1-3-13-4-2-6-15(17(13)14)19(23)21(18)16-11-20-9-7-12(16)8-10-20;2*22-19-16-6-2-4-14-3-1-5-15(18(14)16)11-21(19)17-12-20-9-7-13(17)8-10-20;1-8(15)17-14-11-7-3-5-9-4-2-6-10(12(9)11)13(16)18-14;13-11-8-5-1-3-7-4-2-6-9(10(7)8)12(14)15-11;13-12-10-6-2-4-8-3-1-5-9(7-14-12)11(8)10;/h1,3,5,12-13,15-17,19,23H,2,4,6-11H2;1-6,12,14,16-17H,7-11H2;2,4,6,13-15,17-18H,1,3,5,7-12H2;2,4,6,11,13-14,17-18H,1,3,5,7-10,12H2;2-7,12H,1H3;1-6,8,10H;1-7,11H;1H/t13?,15-,16+,17?,19+;14?,16-,17?;14?,15?,17-,18?;14?,17-,18?;;;;/m0111..../s1. The summed E-state index contributed by atoms with van der Waals surface area (Å²) in [5.74, 6) is 4.06. The molecule has 23 nitrogen and oxygen atoms in total. The van der Waals surface area contributed by atoms with Gasteiger partial charge in [-0.05, 0) is 229 Å². The van der Waals surface area contributed by atoms with Gasteiger partial charge in [0, 0.05) is 144 Å². The Balaban J connectivity index is 0.0000000934. The number of aliphatic hydroxyl groups excluding tert-OH is 1. The third kappa shape index (κ3) is 16.7. The number of hydrogen-bond donors (Lipinski definition) is 1. The van der Waals surface area contributed by atoms with Gasteiger partial charge in [-0.3, -0.25) is 38.5 Å². The van der Waals surface area contributed by atoms with Crippen LogP contribution in [0.25, 0.3) is 0 Å². The van der Waals surface area contributed by atoms with Crippen LogP contribution in [0.3, 0.4) is 0 Å². The van der Waals surface area contributed by atoms with E-state index in [0.717, 1.165) is 133 Å². The van der Waals surface area contributed by atoms with E-state index >= 15 is 0 Å². The highest BCUT2D eigenvalue weighted by molar-refractivity contribution is 6.11. The Kier molecular flexibility index (Phi) is 25.5. The molecule has 14 aliphatic carbocycles. The van der Waals surface area contributed by atoms with Crippen molar-refractivity contribution in [1.29, 1.82) is 0 Å². The summed E-state index contributed by atoms with van der Waals surface area (Å²) in [5.41, 5.74) is 13.4. The summed E-state index contributed by atoms with van der Waals surface area (Å²) in [7, 11) is 0. The third-order valence-electron chi connectivity index (χ3n) is 35.4. The van der Waals surface area contributed by atoms with Crippen molar-refractivity contribution in [2.45, 2.75) is 146 Å². The van der Waals surface area contributed by atoms with E-state index in [1.165, 1.54) is 135 Å². The Morgan fingerprint density at radius 1 is 0.391 bits per heavy atom. The fraction of sp³-hybridized carbons (Fsp3) is 0.474. The van der Waals surface area contributed by atoms with Crippen molar-refractivity contribution >= 4 is 71.8 Å². The first kappa shape index (κ1) is 91.8. The van der Waals surface area contributed by atoms with Crippen LogP contribution in [0.1, 0.15) is 116 Å². The molecule has 33 rings (SSSR count). The van der Waals surface area contributed by atoms with Crippen molar-refractivity contribution in [3.05, 3.63) is 297 Å². The van der Waals surface area contributed by atoms with Crippen LogP contribution in [0.5, 0.6) is 0 Å². The molecule has 33 aliphatic rings. The molecular formula is C114H123ClN8O15. The van der Waals surface area contributed by atoms with E-state index in [1.54, 1.807) is 35.5 Å². The van der Waals surface area contributed by atoms with Crippen LogP contribution < -0.4 is 0 Å². The lowest BCUT2D eigenvalue weighted by Crippen LogP contribution is -2.66. The predicted octanol–water partition coefficient (Wildman–Crippen LogP) is 14.3. The molecule has 8 bridgehead atoms. The van der Waals surface area contributed by atoms with Crippen LogP contribution in [-0.2, 0) is 66.9 Å². The number of hydrogen-bond acceptors (Lipinski definition) is 19. The van der Waals surface area contributed by atoms with Crippen molar-refractivity contribution in [3.8, 4) is 0 Å². The molecule has 19 fully saturated rings. The largest absolute Gasteiger partial charge is 0.431 e. The highest BCUT2D eigenvalue weighted by atomic mass is 35.5. The van der Waals surface area contributed by atoms with Gasteiger partial charge in [-0.1, -0.05) is 213 Å². The van der Waals surface area contributed by atoms with Gasteiger partial charge in [-0.25, -0.2) is 14.4 Å². The molecule has 0 aromatic heterocycles. The summed E-state index contributed by atoms with van der Waals surface area (Å²) in [4.78, 5) is 141. The first-order chi connectivity index (χ1) is 66.9. The van der Waals surface area contributed by atoms with E-state index in [2.05, 4.69) is 88.9 Å². The number of likely N-dealkylation sites (tertiary alicyclic amines) is 3. The summed E-state index contributed by atoms with van der Waals surface area (Å²) >= 11 is 0. The zero-order valence-corrected chi connectivity index (χ0v) is 79.2. The molecule has 19 aliphatic heterocycles. The van der Waals surface area contributed by atoms with Crippen molar-refractivity contribution in [3.63, 3.8) is 0 Å². The number of allylic oxidation sites excluding steroid dienone is 38. The number of cyclic esters (lactones) is 4. The molecule has 24 heteroatoms. The van der Waals surface area contributed by atoms with Crippen LogP contribution in [0.2, 0.25) is 0 Å². The zero-order valence-electron chi connectivity index (χ0n) is 78.3. The van der Waals surface area contributed by atoms with Gasteiger partial charge < -0.3 is 58.4 Å². The minimum Gasteiger partial charge on any atom is -0.431 e. The van der Waals surface area contributed by atoms with E-state index in [0.29, 0.717) is 93.9 Å². The molecule has 19 atom stereocenters. The van der Waals surface area contributed by atoms with Crippen LogP contribution in [-0.4, -0.2) is 219 Å². The molecule has 19 heterocycles.